The van der Waals surface area contributed by atoms with Gasteiger partial charge in [-0.3, -0.25) is 14.5 Å². The first-order valence-electron chi connectivity index (χ1n) is 6.10. The van der Waals surface area contributed by atoms with Crippen molar-refractivity contribution < 1.29 is 4.79 Å². The summed E-state index contributed by atoms with van der Waals surface area (Å²) in [5.41, 5.74) is 1.31. The van der Waals surface area contributed by atoms with Crippen LogP contribution >= 0.6 is 38.9 Å². The van der Waals surface area contributed by atoms with Gasteiger partial charge in [-0.15, -0.1) is 11.3 Å². The summed E-state index contributed by atoms with van der Waals surface area (Å²) in [5, 5.41) is 7.95. The molecule has 0 saturated carbocycles. The smallest absolute Gasteiger partial charge is 0.267 e. The number of hydrogen-bond acceptors (Lipinski definition) is 5. The van der Waals surface area contributed by atoms with Crippen molar-refractivity contribution in [3.05, 3.63) is 45.4 Å². The molecule has 112 valence electrons. The molecule has 0 aliphatic rings. The number of nitrogens with one attached hydrogen (secondary N) is 1. The van der Waals surface area contributed by atoms with Crippen molar-refractivity contribution >= 4 is 50.5 Å². The summed E-state index contributed by atoms with van der Waals surface area (Å²) in [5.74, 6) is -0.283. The number of halogens is 2. The van der Waals surface area contributed by atoms with E-state index >= 15 is 0 Å². The first-order valence-corrected chi connectivity index (χ1v) is 8.08. The van der Waals surface area contributed by atoms with E-state index in [1.165, 1.54) is 23.7 Å². The van der Waals surface area contributed by atoms with Crippen LogP contribution in [0, 0.1) is 0 Å². The van der Waals surface area contributed by atoms with Gasteiger partial charge in [0.25, 0.3) is 5.91 Å². The topological polar surface area (TPSA) is 72.7 Å². The monoisotopic (exact) mass is 397 g/mol. The quantitative estimate of drug-likeness (QED) is 0.731. The summed E-state index contributed by atoms with van der Waals surface area (Å²) < 4.78 is 2.30. The van der Waals surface area contributed by atoms with Gasteiger partial charge in [0.1, 0.15) is 9.88 Å². The minimum Gasteiger partial charge on any atom is -0.319 e. The third-order valence-electron chi connectivity index (χ3n) is 2.77. The first-order chi connectivity index (χ1) is 10.5. The van der Waals surface area contributed by atoms with E-state index in [0.29, 0.717) is 20.1 Å². The van der Waals surface area contributed by atoms with E-state index in [-0.39, 0.29) is 5.91 Å². The number of rotatable bonds is 3. The van der Waals surface area contributed by atoms with Gasteiger partial charge in [0, 0.05) is 25.0 Å². The molecule has 0 saturated heterocycles. The van der Waals surface area contributed by atoms with E-state index in [4.69, 9.17) is 11.6 Å². The first kappa shape index (κ1) is 15.1. The van der Waals surface area contributed by atoms with Crippen molar-refractivity contribution in [1.82, 2.24) is 19.7 Å². The lowest BCUT2D eigenvalue weighted by molar-refractivity contribution is 0.103. The molecule has 3 heterocycles. The van der Waals surface area contributed by atoms with E-state index < -0.39 is 0 Å². The van der Waals surface area contributed by atoms with Gasteiger partial charge in [-0.2, -0.15) is 5.10 Å². The number of nitrogens with zero attached hydrogens (tertiary/aromatic N) is 4. The average Bonchev–Trinajstić information content (AvgIpc) is 3.12. The van der Waals surface area contributed by atoms with Crippen molar-refractivity contribution in [1.29, 1.82) is 0 Å². The zero-order chi connectivity index (χ0) is 15.7. The number of pyridine rings is 1. The molecule has 0 spiro atoms. The van der Waals surface area contributed by atoms with E-state index in [2.05, 4.69) is 36.3 Å². The number of hydrogen-bond donors (Lipinski definition) is 1. The molecule has 0 unspecified atom stereocenters. The van der Waals surface area contributed by atoms with Gasteiger partial charge < -0.3 is 5.32 Å². The molecular formula is C13H9BrClN5OS. The van der Waals surface area contributed by atoms with Crippen molar-refractivity contribution in [3.63, 3.8) is 0 Å². The summed E-state index contributed by atoms with van der Waals surface area (Å²) >= 11 is 10.7. The molecule has 3 rings (SSSR count). The van der Waals surface area contributed by atoms with Crippen LogP contribution in [0.15, 0.2) is 35.5 Å². The minimum absolute atomic E-state index is 0.283. The molecule has 0 atom stereocenters. The zero-order valence-corrected chi connectivity index (χ0v) is 14.4. The summed E-state index contributed by atoms with van der Waals surface area (Å²) in [6, 6.07) is 0. The van der Waals surface area contributed by atoms with Crippen LogP contribution < -0.4 is 5.32 Å². The second-order valence-corrected chi connectivity index (χ2v) is 6.63. The highest BCUT2D eigenvalue weighted by Gasteiger charge is 2.15. The van der Waals surface area contributed by atoms with Crippen LogP contribution in [0.4, 0.5) is 5.69 Å². The van der Waals surface area contributed by atoms with Crippen LogP contribution in [-0.4, -0.2) is 25.7 Å². The normalized spacial score (nSPS) is 10.7. The Balaban J connectivity index is 1.81. The van der Waals surface area contributed by atoms with Gasteiger partial charge in [-0.05, 0) is 15.9 Å². The Hall–Kier alpha value is -1.77. The third kappa shape index (κ3) is 3.03. The lowest BCUT2D eigenvalue weighted by Crippen LogP contribution is -2.10. The molecule has 6 nitrogen and oxygen atoms in total. The Kier molecular flexibility index (Phi) is 4.23. The molecule has 0 bridgehead atoms. The molecule has 22 heavy (non-hydrogen) atoms. The lowest BCUT2D eigenvalue weighted by atomic mass is 10.4. The van der Waals surface area contributed by atoms with Crippen LogP contribution in [0.1, 0.15) is 9.67 Å². The number of aromatic nitrogens is 4. The lowest BCUT2D eigenvalue weighted by Gasteiger charge is -2.05. The highest BCUT2D eigenvalue weighted by molar-refractivity contribution is 9.10. The van der Waals surface area contributed by atoms with E-state index in [1.807, 2.05) is 13.2 Å². The van der Waals surface area contributed by atoms with Gasteiger partial charge in [-0.25, -0.2) is 4.98 Å². The Labute approximate surface area is 143 Å². The highest BCUT2D eigenvalue weighted by Crippen LogP contribution is 2.30. The summed E-state index contributed by atoms with van der Waals surface area (Å²) in [6.07, 6.45) is 8.13. The molecule has 0 fully saturated rings. The molecule has 3 aromatic heterocycles. The van der Waals surface area contributed by atoms with Gasteiger partial charge in [0.05, 0.1) is 33.8 Å². The second kappa shape index (κ2) is 6.15. The zero-order valence-electron chi connectivity index (χ0n) is 11.2. The molecule has 1 N–H and O–H groups in total. The maximum Gasteiger partial charge on any atom is 0.267 e. The maximum absolute atomic E-state index is 12.3. The molecule has 1 amide bonds. The summed E-state index contributed by atoms with van der Waals surface area (Å²) in [6.45, 7) is 0. The van der Waals surface area contributed by atoms with Gasteiger partial charge in [-0.1, -0.05) is 11.6 Å². The molecule has 0 aromatic carbocycles. The Morgan fingerprint density at radius 1 is 1.36 bits per heavy atom. The number of anilines is 1. The van der Waals surface area contributed by atoms with Crippen molar-refractivity contribution in [2.24, 2.45) is 7.05 Å². The van der Waals surface area contributed by atoms with Gasteiger partial charge in [0.15, 0.2) is 0 Å². The fourth-order valence-electron chi connectivity index (χ4n) is 1.73. The maximum atomic E-state index is 12.3. The standard InChI is InChI=1S/C13H9BrClN5OS/c1-20-6-7(2-18-20)13-17-5-10(22-13)12(21)19-9-4-16-3-8(14)11(9)15/h2-6H,1H3,(H,19,21). The van der Waals surface area contributed by atoms with Crippen molar-refractivity contribution in [2.45, 2.75) is 0 Å². The Bertz CT molecular complexity index is 847. The summed E-state index contributed by atoms with van der Waals surface area (Å²) in [7, 11) is 1.83. The fraction of sp³-hybridized carbons (Fsp3) is 0.0769. The fourth-order valence-corrected chi connectivity index (χ4v) is 3.00. The van der Waals surface area contributed by atoms with Crippen LogP contribution in [0.25, 0.3) is 10.6 Å². The molecule has 0 aliphatic carbocycles. The molecule has 0 radical (unpaired) electrons. The largest absolute Gasteiger partial charge is 0.319 e. The van der Waals surface area contributed by atoms with Crippen LogP contribution in [-0.2, 0) is 7.05 Å². The summed E-state index contributed by atoms with van der Waals surface area (Å²) in [4.78, 5) is 21.0. The third-order valence-corrected chi connectivity index (χ3v) is 5.05. The van der Waals surface area contributed by atoms with Gasteiger partial charge >= 0.3 is 0 Å². The highest BCUT2D eigenvalue weighted by atomic mass is 79.9. The van der Waals surface area contributed by atoms with Crippen molar-refractivity contribution in [3.8, 4) is 10.6 Å². The van der Waals surface area contributed by atoms with Gasteiger partial charge in [0.2, 0.25) is 0 Å². The molecule has 3 aromatic rings. The minimum atomic E-state index is -0.283. The van der Waals surface area contributed by atoms with E-state index in [0.717, 1.165) is 10.6 Å². The SMILES string of the molecule is Cn1cc(-c2ncc(C(=O)Nc3cncc(Br)c3Cl)s2)cn1. The number of carbonyl (C=O) groups is 1. The average molecular weight is 399 g/mol. The number of carbonyl (C=O) groups excluding carboxylic acids is 1. The number of amides is 1. The van der Waals surface area contributed by atoms with Crippen LogP contribution in [0.3, 0.4) is 0 Å². The second-order valence-electron chi connectivity index (χ2n) is 4.37. The van der Waals surface area contributed by atoms with Crippen molar-refractivity contribution in [2.75, 3.05) is 5.32 Å². The molecular weight excluding hydrogens is 390 g/mol. The predicted molar refractivity (Wildman–Crippen MR) is 89.2 cm³/mol. The predicted octanol–water partition coefficient (Wildman–Crippen LogP) is 3.61. The number of aryl methyl sites for hydroxylation is 1. The molecule has 9 heteroatoms. The van der Waals surface area contributed by atoms with E-state index in [9.17, 15) is 4.79 Å². The Morgan fingerprint density at radius 3 is 2.91 bits per heavy atom. The van der Waals surface area contributed by atoms with Crippen LogP contribution in [0.5, 0.6) is 0 Å². The van der Waals surface area contributed by atoms with E-state index in [1.54, 1.807) is 17.1 Å². The Morgan fingerprint density at radius 2 is 2.18 bits per heavy atom. The number of thiazole rings is 1. The molecule has 0 aliphatic heterocycles. The van der Waals surface area contributed by atoms with Crippen LogP contribution in [0.2, 0.25) is 5.02 Å².